The van der Waals surface area contributed by atoms with E-state index in [-0.39, 0.29) is 29.3 Å². The Morgan fingerprint density at radius 2 is 2.12 bits per heavy atom. The second kappa shape index (κ2) is 10.9. The van der Waals surface area contributed by atoms with Crippen molar-refractivity contribution in [3.05, 3.63) is 66.8 Å². The number of fused-ring (bicyclic) bond motifs is 2. The predicted octanol–water partition coefficient (Wildman–Crippen LogP) is 4.86. The van der Waals surface area contributed by atoms with Crippen LogP contribution in [0.25, 0.3) is 0 Å². The molecule has 2 heterocycles. The van der Waals surface area contributed by atoms with Crippen molar-refractivity contribution in [3.63, 3.8) is 0 Å². The van der Waals surface area contributed by atoms with Crippen molar-refractivity contribution in [3.8, 4) is 0 Å². The first kappa shape index (κ1) is 23.4. The maximum Gasteiger partial charge on any atom is 0.305 e. The Balaban J connectivity index is 1.43. The summed E-state index contributed by atoms with van der Waals surface area (Å²) in [5.74, 6) is 0.541. The van der Waals surface area contributed by atoms with Gasteiger partial charge in [0.15, 0.2) is 0 Å². The third-order valence-corrected chi connectivity index (χ3v) is 7.47. The topological polar surface area (TPSA) is 70.4 Å². The van der Waals surface area contributed by atoms with Crippen LogP contribution in [-0.2, 0) is 20.7 Å². The summed E-state index contributed by atoms with van der Waals surface area (Å²) in [5, 5.41) is 0. The number of nitrogens with zero attached hydrogens (tertiary/aromatic N) is 2. The van der Waals surface area contributed by atoms with Crippen molar-refractivity contribution < 1.29 is 19.1 Å². The monoisotopic (exact) mass is 450 g/mol. The molecule has 1 saturated carbocycles. The molecule has 0 unspecified atom stereocenters. The number of hydrogen-bond donors (Lipinski definition) is 0. The van der Waals surface area contributed by atoms with Crippen molar-refractivity contribution in [1.82, 2.24) is 9.55 Å². The first-order valence-corrected chi connectivity index (χ1v) is 12.0. The van der Waals surface area contributed by atoms with Crippen LogP contribution in [0.1, 0.15) is 55.3 Å². The summed E-state index contributed by atoms with van der Waals surface area (Å²) in [7, 11) is 1.43. The molecule has 6 nitrogen and oxygen atoms in total. The number of imidazole rings is 1. The van der Waals surface area contributed by atoms with Crippen molar-refractivity contribution in [2.24, 2.45) is 17.3 Å². The Kier molecular flexibility index (Phi) is 7.76. The molecule has 0 amide bonds. The van der Waals surface area contributed by atoms with Crippen LogP contribution < -0.4 is 0 Å². The molecule has 1 aliphatic carbocycles. The number of methoxy groups -OCH3 is 1. The average Bonchev–Trinajstić information content (AvgIpc) is 3.58. The van der Waals surface area contributed by atoms with Gasteiger partial charge in [-0.1, -0.05) is 42.5 Å². The summed E-state index contributed by atoms with van der Waals surface area (Å²) in [5.41, 5.74) is 1.46. The van der Waals surface area contributed by atoms with E-state index in [0.29, 0.717) is 18.8 Å². The van der Waals surface area contributed by atoms with Crippen molar-refractivity contribution >= 4 is 11.9 Å². The van der Waals surface area contributed by atoms with Gasteiger partial charge in [-0.3, -0.25) is 14.2 Å². The van der Waals surface area contributed by atoms with Crippen molar-refractivity contribution in [2.75, 3.05) is 13.7 Å². The molecular weight excluding hydrogens is 416 g/mol. The van der Waals surface area contributed by atoms with Crippen LogP contribution >= 0.6 is 0 Å². The lowest BCUT2D eigenvalue weighted by Crippen LogP contribution is -2.38. The molecule has 4 atom stereocenters. The molecule has 1 aromatic heterocycles. The van der Waals surface area contributed by atoms with Crippen LogP contribution in [0.4, 0.5) is 0 Å². The first-order chi connectivity index (χ1) is 16.1. The van der Waals surface area contributed by atoms with Gasteiger partial charge in [0.05, 0.1) is 19.8 Å². The standard InChI is InChI=1S/C27H34N2O4/c1-32-26(31)12-8-3-2-7-11-23-22(17-25(30)29-16-15-28-20-29)24-18-27(23,19-33-24)14-13-21-9-5-4-6-10-21/h2,4-7,9-10,15-16,20,22-24H,3,8,11-14,17-19H2,1H3/b7-2-/t22-,23+,24+,27+/m0/s1. The van der Waals surface area contributed by atoms with Gasteiger partial charge in [-0.15, -0.1) is 0 Å². The lowest BCUT2D eigenvalue weighted by Gasteiger charge is -2.39. The highest BCUT2D eigenvalue weighted by atomic mass is 16.5. The molecule has 2 aliphatic rings. The Hall–Kier alpha value is -2.73. The van der Waals surface area contributed by atoms with Gasteiger partial charge >= 0.3 is 5.97 Å². The minimum Gasteiger partial charge on any atom is -0.469 e. The number of ether oxygens (including phenoxy) is 2. The van der Waals surface area contributed by atoms with Crippen LogP contribution in [0.15, 0.2) is 61.2 Å². The molecule has 6 heteroatoms. The molecular formula is C27H34N2O4. The maximum absolute atomic E-state index is 12.9. The first-order valence-electron chi connectivity index (χ1n) is 12.0. The van der Waals surface area contributed by atoms with E-state index >= 15 is 0 Å². The number of aromatic nitrogens is 2. The van der Waals surface area contributed by atoms with E-state index in [1.54, 1.807) is 23.3 Å². The number of carbonyl (C=O) groups is 2. The Morgan fingerprint density at radius 1 is 1.27 bits per heavy atom. The molecule has 1 saturated heterocycles. The Labute approximate surface area is 196 Å². The molecule has 0 spiro atoms. The zero-order valence-corrected chi connectivity index (χ0v) is 19.4. The molecule has 176 valence electrons. The number of hydrogen-bond acceptors (Lipinski definition) is 5. The van der Waals surface area contributed by atoms with Crippen LogP contribution in [-0.4, -0.2) is 41.2 Å². The highest BCUT2D eigenvalue weighted by molar-refractivity contribution is 5.79. The van der Waals surface area contributed by atoms with E-state index in [9.17, 15) is 9.59 Å². The summed E-state index contributed by atoms with van der Waals surface area (Å²) in [6, 6.07) is 10.6. The SMILES string of the molecule is COC(=O)CCC/C=C\C[C@@H]1[C@H](CC(=O)n2ccnc2)[C@H]2C[C@]1(CCc1ccccc1)CO2. The van der Waals surface area contributed by atoms with Gasteiger partial charge < -0.3 is 9.47 Å². The van der Waals surface area contributed by atoms with E-state index in [2.05, 4.69) is 47.5 Å². The average molecular weight is 451 g/mol. The van der Waals surface area contributed by atoms with Gasteiger partial charge in [-0.2, -0.15) is 0 Å². The number of esters is 1. The van der Waals surface area contributed by atoms with Gasteiger partial charge in [0.1, 0.15) is 6.33 Å². The molecule has 4 rings (SSSR count). The van der Waals surface area contributed by atoms with E-state index < -0.39 is 0 Å². The number of unbranched alkanes of at least 4 members (excludes halogenated alkanes) is 1. The summed E-state index contributed by atoms with van der Waals surface area (Å²) >= 11 is 0. The summed E-state index contributed by atoms with van der Waals surface area (Å²) < 4.78 is 12.5. The van der Waals surface area contributed by atoms with Crippen LogP contribution in [0, 0.1) is 17.3 Å². The zero-order chi connectivity index (χ0) is 23.1. The zero-order valence-electron chi connectivity index (χ0n) is 19.4. The largest absolute Gasteiger partial charge is 0.469 e. The van der Waals surface area contributed by atoms with E-state index in [4.69, 9.17) is 9.47 Å². The van der Waals surface area contributed by atoms with Gasteiger partial charge in [-0.05, 0) is 55.9 Å². The molecule has 2 fully saturated rings. The molecule has 33 heavy (non-hydrogen) atoms. The molecule has 2 bridgehead atoms. The van der Waals surface area contributed by atoms with Gasteiger partial charge in [0.2, 0.25) is 5.91 Å². The lowest BCUT2D eigenvalue weighted by atomic mass is 9.69. The molecule has 1 aliphatic heterocycles. The van der Waals surface area contributed by atoms with E-state index in [0.717, 1.165) is 45.1 Å². The smallest absolute Gasteiger partial charge is 0.305 e. The van der Waals surface area contributed by atoms with E-state index in [1.807, 2.05) is 0 Å². The van der Waals surface area contributed by atoms with Gasteiger partial charge in [0.25, 0.3) is 0 Å². The molecule has 1 aromatic carbocycles. The minimum atomic E-state index is -0.161. The van der Waals surface area contributed by atoms with Gasteiger partial charge in [-0.25, -0.2) is 4.98 Å². The van der Waals surface area contributed by atoms with Crippen LogP contribution in [0.3, 0.4) is 0 Å². The number of benzene rings is 1. The Morgan fingerprint density at radius 3 is 2.88 bits per heavy atom. The van der Waals surface area contributed by atoms with Crippen molar-refractivity contribution in [2.45, 2.75) is 57.5 Å². The third kappa shape index (κ3) is 5.61. The van der Waals surface area contributed by atoms with Crippen LogP contribution in [0.5, 0.6) is 0 Å². The summed E-state index contributed by atoms with van der Waals surface area (Å²) in [6.07, 6.45) is 16.2. The second-order valence-corrected chi connectivity index (χ2v) is 9.42. The highest BCUT2D eigenvalue weighted by Gasteiger charge is 2.58. The van der Waals surface area contributed by atoms with Crippen molar-refractivity contribution in [1.29, 1.82) is 0 Å². The quantitative estimate of drug-likeness (QED) is 0.278. The Bertz CT molecular complexity index is 940. The number of allylic oxidation sites excluding steroid dienone is 2. The predicted molar refractivity (Wildman–Crippen MR) is 126 cm³/mol. The maximum atomic E-state index is 12.9. The fraction of sp³-hybridized carbons (Fsp3) is 0.519. The number of aryl methyl sites for hydroxylation is 1. The van der Waals surface area contributed by atoms with Crippen LogP contribution in [0.2, 0.25) is 0 Å². The second-order valence-electron chi connectivity index (χ2n) is 9.42. The van der Waals surface area contributed by atoms with E-state index in [1.165, 1.54) is 12.7 Å². The number of carbonyl (C=O) groups excluding carboxylic acids is 2. The fourth-order valence-corrected chi connectivity index (χ4v) is 5.67. The summed E-state index contributed by atoms with van der Waals surface area (Å²) in [4.78, 5) is 28.2. The molecule has 2 aromatic rings. The number of rotatable bonds is 11. The molecule has 0 N–H and O–H groups in total. The van der Waals surface area contributed by atoms with Gasteiger partial charge in [0, 0.05) is 30.7 Å². The highest BCUT2D eigenvalue weighted by Crippen LogP contribution is 2.58. The minimum absolute atomic E-state index is 0.0823. The third-order valence-electron chi connectivity index (χ3n) is 7.47. The summed E-state index contributed by atoms with van der Waals surface area (Å²) in [6.45, 7) is 0.779. The fourth-order valence-electron chi connectivity index (χ4n) is 5.67. The molecule has 0 radical (unpaired) electrons. The normalized spacial score (nSPS) is 26.2. The lowest BCUT2D eigenvalue weighted by molar-refractivity contribution is -0.140.